The third-order valence-electron chi connectivity index (χ3n) is 3.79. The minimum Gasteiger partial charge on any atom is -0.493 e. The van der Waals surface area contributed by atoms with Crippen molar-refractivity contribution in [2.24, 2.45) is 0 Å². The number of nitrogens with zero attached hydrogens (tertiary/aromatic N) is 3. The summed E-state index contributed by atoms with van der Waals surface area (Å²) in [5.41, 5.74) is 1.78. The van der Waals surface area contributed by atoms with Crippen molar-refractivity contribution in [1.29, 1.82) is 0 Å². The predicted molar refractivity (Wildman–Crippen MR) is 92.5 cm³/mol. The zero-order valence-corrected chi connectivity index (χ0v) is 14.0. The quantitative estimate of drug-likeness (QED) is 0.905. The molecule has 1 atom stereocenters. The first kappa shape index (κ1) is 16.0. The van der Waals surface area contributed by atoms with Crippen LogP contribution in [-0.4, -0.2) is 36.7 Å². The van der Waals surface area contributed by atoms with Crippen LogP contribution in [0.5, 0.6) is 5.75 Å². The molecular weight excluding hydrogens is 306 g/mol. The van der Waals surface area contributed by atoms with E-state index in [-0.39, 0.29) is 18.0 Å². The monoisotopic (exact) mass is 327 g/mol. The van der Waals surface area contributed by atoms with Gasteiger partial charge in [0.2, 0.25) is 5.95 Å². The van der Waals surface area contributed by atoms with Gasteiger partial charge in [-0.25, -0.2) is 9.78 Å². The van der Waals surface area contributed by atoms with E-state index in [1.165, 1.54) is 0 Å². The average molecular weight is 327 g/mol. The molecule has 0 spiro atoms. The zero-order valence-electron chi connectivity index (χ0n) is 14.0. The van der Waals surface area contributed by atoms with E-state index < -0.39 is 0 Å². The summed E-state index contributed by atoms with van der Waals surface area (Å²) < 4.78 is 5.61. The number of aryl methyl sites for hydroxylation is 1. The molecule has 0 aliphatic carbocycles. The summed E-state index contributed by atoms with van der Waals surface area (Å²) >= 11 is 0. The van der Waals surface area contributed by atoms with Crippen molar-refractivity contribution < 1.29 is 9.53 Å². The summed E-state index contributed by atoms with van der Waals surface area (Å²) in [5, 5.41) is 5.68. The third-order valence-corrected chi connectivity index (χ3v) is 3.79. The second kappa shape index (κ2) is 6.74. The van der Waals surface area contributed by atoms with Gasteiger partial charge in [0.05, 0.1) is 12.6 Å². The Morgan fingerprint density at radius 2 is 2.08 bits per heavy atom. The molecule has 3 rings (SSSR count). The Kier molecular flexibility index (Phi) is 4.50. The van der Waals surface area contributed by atoms with Gasteiger partial charge in [0, 0.05) is 37.8 Å². The maximum atomic E-state index is 12.3. The average Bonchev–Trinajstić information content (AvgIpc) is 2.54. The highest BCUT2D eigenvalue weighted by atomic mass is 16.5. The second-order valence-corrected chi connectivity index (χ2v) is 5.91. The predicted octanol–water partition coefficient (Wildman–Crippen LogP) is 2.50. The molecule has 0 unspecified atom stereocenters. The van der Waals surface area contributed by atoms with Gasteiger partial charge in [-0.2, -0.15) is 4.98 Å². The van der Waals surface area contributed by atoms with Gasteiger partial charge in [-0.15, -0.1) is 0 Å². The van der Waals surface area contributed by atoms with E-state index in [4.69, 9.17) is 4.74 Å². The van der Waals surface area contributed by atoms with Crippen LogP contribution in [0.1, 0.15) is 23.7 Å². The molecule has 2 N–H and O–H groups in total. The number of amides is 2. The van der Waals surface area contributed by atoms with Crippen molar-refractivity contribution in [3.8, 4) is 5.75 Å². The summed E-state index contributed by atoms with van der Waals surface area (Å²) in [5.74, 6) is 1.85. The highest BCUT2D eigenvalue weighted by Gasteiger charge is 2.22. The van der Waals surface area contributed by atoms with Crippen LogP contribution in [0.2, 0.25) is 0 Å². The van der Waals surface area contributed by atoms with Crippen molar-refractivity contribution in [3.05, 3.63) is 41.6 Å². The first-order valence-electron chi connectivity index (χ1n) is 7.85. The SMILES string of the molecule is Cc1cc(N(C)C)nc(NC(=O)N[C@@H]2CCOc3ccccc32)n1. The molecule has 7 nitrogen and oxygen atoms in total. The van der Waals surface area contributed by atoms with Crippen LogP contribution < -0.4 is 20.3 Å². The molecule has 24 heavy (non-hydrogen) atoms. The molecule has 1 aromatic heterocycles. The Balaban J connectivity index is 1.71. The maximum Gasteiger partial charge on any atom is 0.322 e. The standard InChI is InChI=1S/C17H21N5O2/c1-11-10-15(22(2)3)20-16(18-11)21-17(23)19-13-8-9-24-14-7-5-4-6-12(13)14/h4-7,10,13H,8-9H2,1-3H3,(H2,18,19,20,21,23)/t13-/m1/s1. The fourth-order valence-corrected chi connectivity index (χ4v) is 2.62. The smallest absolute Gasteiger partial charge is 0.322 e. The molecule has 0 radical (unpaired) electrons. The lowest BCUT2D eigenvalue weighted by molar-refractivity contribution is 0.232. The van der Waals surface area contributed by atoms with Crippen LogP contribution in [0.15, 0.2) is 30.3 Å². The number of fused-ring (bicyclic) bond motifs is 1. The van der Waals surface area contributed by atoms with E-state index in [0.29, 0.717) is 6.61 Å². The summed E-state index contributed by atoms with van der Waals surface area (Å²) in [6.07, 6.45) is 0.724. The van der Waals surface area contributed by atoms with Crippen LogP contribution in [0, 0.1) is 6.92 Å². The van der Waals surface area contributed by atoms with Gasteiger partial charge < -0.3 is 15.0 Å². The molecule has 0 saturated heterocycles. The van der Waals surface area contributed by atoms with Crippen LogP contribution in [-0.2, 0) is 0 Å². The van der Waals surface area contributed by atoms with Gasteiger partial charge in [-0.3, -0.25) is 5.32 Å². The third kappa shape index (κ3) is 3.56. The van der Waals surface area contributed by atoms with Crippen molar-refractivity contribution in [1.82, 2.24) is 15.3 Å². The first-order chi connectivity index (χ1) is 11.5. The summed E-state index contributed by atoms with van der Waals surface area (Å²) in [4.78, 5) is 22.8. The lowest BCUT2D eigenvalue weighted by Crippen LogP contribution is -2.35. The van der Waals surface area contributed by atoms with E-state index in [2.05, 4.69) is 20.6 Å². The van der Waals surface area contributed by atoms with Crippen LogP contribution >= 0.6 is 0 Å². The molecule has 1 aliphatic rings. The van der Waals surface area contributed by atoms with Crippen molar-refractivity contribution in [2.75, 3.05) is 30.9 Å². The largest absolute Gasteiger partial charge is 0.493 e. The Bertz CT molecular complexity index is 748. The molecule has 2 amide bonds. The number of benzene rings is 1. The fraction of sp³-hybridized carbons (Fsp3) is 0.353. The minimum atomic E-state index is -0.327. The number of para-hydroxylation sites is 1. The first-order valence-corrected chi connectivity index (χ1v) is 7.85. The Labute approximate surface area is 141 Å². The number of carbonyl (C=O) groups is 1. The Morgan fingerprint density at radius 1 is 1.29 bits per heavy atom. The molecule has 2 heterocycles. The molecule has 1 aromatic carbocycles. The molecule has 7 heteroatoms. The lowest BCUT2D eigenvalue weighted by atomic mass is 10.0. The summed E-state index contributed by atoms with van der Waals surface area (Å²) in [6.45, 7) is 2.44. The highest BCUT2D eigenvalue weighted by Crippen LogP contribution is 2.31. The molecule has 2 aromatic rings. The number of urea groups is 1. The minimum absolute atomic E-state index is 0.0897. The Morgan fingerprint density at radius 3 is 2.88 bits per heavy atom. The number of aromatic nitrogens is 2. The van der Waals surface area contributed by atoms with E-state index in [0.717, 1.165) is 29.2 Å². The van der Waals surface area contributed by atoms with E-state index in [9.17, 15) is 4.79 Å². The molecular formula is C17H21N5O2. The van der Waals surface area contributed by atoms with E-state index in [1.807, 2.05) is 56.3 Å². The van der Waals surface area contributed by atoms with E-state index >= 15 is 0 Å². The fourth-order valence-electron chi connectivity index (χ4n) is 2.62. The molecule has 126 valence electrons. The lowest BCUT2D eigenvalue weighted by Gasteiger charge is -2.26. The van der Waals surface area contributed by atoms with Crippen molar-refractivity contribution in [3.63, 3.8) is 0 Å². The van der Waals surface area contributed by atoms with Gasteiger partial charge in [0.25, 0.3) is 0 Å². The second-order valence-electron chi connectivity index (χ2n) is 5.91. The van der Waals surface area contributed by atoms with Crippen LogP contribution in [0.4, 0.5) is 16.6 Å². The number of anilines is 2. The Hall–Kier alpha value is -2.83. The highest BCUT2D eigenvalue weighted by molar-refractivity contribution is 5.88. The summed E-state index contributed by atoms with van der Waals surface area (Å²) in [6, 6.07) is 9.18. The molecule has 0 fully saturated rings. The van der Waals surface area contributed by atoms with Crippen molar-refractivity contribution in [2.45, 2.75) is 19.4 Å². The number of nitrogens with one attached hydrogen (secondary N) is 2. The van der Waals surface area contributed by atoms with Gasteiger partial charge >= 0.3 is 6.03 Å². The van der Waals surface area contributed by atoms with Crippen LogP contribution in [0.25, 0.3) is 0 Å². The number of hydrogen-bond acceptors (Lipinski definition) is 5. The van der Waals surface area contributed by atoms with Gasteiger partial charge in [0.15, 0.2) is 0 Å². The zero-order chi connectivity index (χ0) is 17.1. The number of rotatable bonds is 3. The van der Waals surface area contributed by atoms with E-state index in [1.54, 1.807) is 0 Å². The maximum absolute atomic E-state index is 12.3. The molecule has 0 bridgehead atoms. The number of ether oxygens (including phenoxy) is 1. The van der Waals surface area contributed by atoms with Crippen LogP contribution in [0.3, 0.4) is 0 Å². The topological polar surface area (TPSA) is 79.4 Å². The van der Waals surface area contributed by atoms with Gasteiger partial charge in [-0.1, -0.05) is 18.2 Å². The van der Waals surface area contributed by atoms with Gasteiger partial charge in [0.1, 0.15) is 11.6 Å². The number of carbonyl (C=O) groups excluding carboxylic acids is 1. The number of hydrogen-bond donors (Lipinski definition) is 2. The van der Waals surface area contributed by atoms with Crippen molar-refractivity contribution >= 4 is 17.8 Å². The van der Waals surface area contributed by atoms with Gasteiger partial charge in [-0.05, 0) is 13.0 Å². The molecule has 1 aliphatic heterocycles. The normalized spacial score (nSPS) is 15.9. The molecule has 0 saturated carbocycles. The summed E-state index contributed by atoms with van der Waals surface area (Å²) in [7, 11) is 3.79.